The van der Waals surface area contributed by atoms with Crippen LogP contribution in [-0.2, 0) is 16.8 Å². The van der Waals surface area contributed by atoms with E-state index in [1.54, 1.807) is 14.0 Å². The first-order chi connectivity index (χ1) is 11.6. The second-order valence-electron chi connectivity index (χ2n) is 6.39. The van der Waals surface area contributed by atoms with Crippen molar-refractivity contribution in [2.45, 2.75) is 51.0 Å². The van der Waals surface area contributed by atoms with E-state index < -0.39 is 0 Å². The second kappa shape index (κ2) is 7.03. The minimum absolute atomic E-state index is 0.0495. The number of nitrogens with one attached hydrogen (secondary N) is 1. The summed E-state index contributed by atoms with van der Waals surface area (Å²) in [7, 11) is 1.65. The lowest BCUT2D eigenvalue weighted by Gasteiger charge is -2.38. The highest BCUT2D eigenvalue weighted by atomic mass is 16.6. The maximum atomic E-state index is 12.6. The van der Waals surface area contributed by atoms with Crippen LogP contribution in [0.3, 0.4) is 0 Å². The molecule has 1 heterocycles. The van der Waals surface area contributed by atoms with E-state index in [1.165, 1.54) is 6.42 Å². The molecule has 0 atom stereocenters. The molecule has 1 saturated carbocycles. The first kappa shape index (κ1) is 16.5. The van der Waals surface area contributed by atoms with Crippen molar-refractivity contribution in [2.24, 2.45) is 0 Å². The smallest absolute Gasteiger partial charge is 0.226 e. The van der Waals surface area contributed by atoms with Gasteiger partial charge in [-0.15, -0.1) is 0 Å². The van der Waals surface area contributed by atoms with Gasteiger partial charge in [-0.3, -0.25) is 4.79 Å². The third-order valence-electron chi connectivity index (χ3n) is 4.80. The predicted molar refractivity (Wildman–Crippen MR) is 88.6 cm³/mol. The molecule has 6 heteroatoms. The van der Waals surface area contributed by atoms with Gasteiger partial charge in [0.15, 0.2) is 0 Å². The van der Waals surface area contributed by atoms with E-state index in [1.807, 2.05) is 24.3 Å². The Labute approximate surface area is 141 Å². The van der Waals surface area contributed by atoms with Crippen LogP contribution < -0.4 is 10.1 Å². The number of hydrogen-bond acceptors (Lipinski definition) is 5. The van der Waals surface area contributed by atoms with Gasteiger partial charge in [0.1, 0.15) is 17.1 Å². The van der Waals surface area contributed by atoms with Gasteiger partial charge >= 0.3 is 0 Å². The molecule has 1 fully saturated rings. The average Bonchev–Trinajstić information content (AvgIpc) is 3.00. The van der Waals surface area contributed by atoms with Gasteiger partial charge in [-0.25, -0.2) is 4.63 Å². The van der Waals surface area contributed by atoms with Crippen molar-refractivity contribution >= 4 is 5.91 Å². The summed E-state index contributed by atoms with van der Waals surface area (Å²) < 4.78 is 9.92. The maximum Gasteiger partial charge on any atom is 0.226 e. The van der Waals surface area contributed by atoms with Crippen LogP contribution in [0.1, 0.15) is 49.1 Å². The Balaban J connectivity index is 1.80. The Kier molecular flexibility index (Phi) is 4.83. The maximum absolute atomic E-state index is 12.6. The number of rotatable bonds is 5. The summed E-state index contributed by atoms with van der Waals surface area (Å²) in [5.74, 6) is 0.770. The summed E-state index contributed by atoms with van der Waals surface area (Å²) in [6.07, 6.45) is 5.50. The molecule has 1 aromatic carbocycles. The fraction of sp³-hybridized carbons (Fsp3) is 0.500. The third kappa shape index (κ3) is 3.42. The standard InChI is InChI=1S/C18H23N3O3/c1-13-16(21-24-20-13)12-17(22)19-18(10-4-3-5-11-18)14-6-8-15(23-2)9-7-14/h6-9H,3-5,10-12H2,1-2H3,(H,19,22). The monoisotopic (exact) mass is 329 g/mol. The molecular weight excluding hydrogens is 306 g/mol. The van der Waals surface area contributed by atoms with Gasteiger partial charge in [0.05, 0.1) is 19.1 Å². The summed E-state index contributed by atoms with van der Waals surface area (Å²) in [4.78, 5) is 12.6. The number of amides is 1. The number of carbonyl (C=O) groups is 1. The number of methoxy groups -OCH3 is 1. The zero-order valence-electron chi connectivity index (χ0n) is 14.2. The van der Waals surface area contributed by atoms with Crippen molar-refractivity contribution in [3.05, 3.63) is 41.2 Å². The number of benzene rings is 1. The summed E-state index contributed by atoms with van der Waals surface area (Å²) in [6, 6.07) is 7.99. The number of carbonyl (C=O) groups excluding carboxylic acids is 1. The molecular formula is C18H23N3O3. The van der Waals surface area contributed by atoms with E-state index >= 15 is 0 Å². The molecule has 3 rings (SSSR count). The van der Waals surface area contributed by atoms with Crippen molar-refractivity contribution in [3.8, 4) is 5.75 Å². The quantitative estimate of drug-likeness (QED) is 0.912. The van der Waals surface area contributed by atoms with Crippen LogP contribution in [0, 0.1) is 6.92 Å². The summed E-state index contributed by atoms with van der Waals surface area (Å²) in [6.45, 7) is 1.79. The molecule has 1 aromatic heterocycles. The lowest BCUT2D eigenvalue weighted by Crippen LogP contribution is -2.47. The number of nitrogens with zero attached hydrogens (tertiary/aromatic N) is 2. The van der Waals surface area contributed by atoms with Crippen LogP contribution >= 0.6 is 0 Å². The largest absolute Gasteiger partial charge is 0.497 e. The topological polar surface area (TPSA) is 77.2 Å². The van der Waals surface area contributed by atoms with Crippen molar-refractivity contribution in [1.82, 2.24) is 15.6 Å². The normalized spacial score (nSPS) is 16.6. The van der Waals surface area contributed by atoms with Gasteiger partial charge in [0.2, 0.25) is 5.91 Å². The zero-order valence-corrected chi connectivity index (χ0v) is 14.2. The number of ether oxygens (including phenoxy) is 1. The van der Waals surface area contributed by atoms with E-state index in [2.05, 4.69) is 20.3 Å². The first-order valence-corrected chi connectivity index (χ1v) is 8.36. The highest BCUT2D eigenvalue weighted by Crippen LogP contribution is 2.37. The van der Waals surface area contributed by atoms with E-state index in [-0.39, 0.29) is 17.9 Å². The van der Waals surface area contributed by atoms with E-state index in [9.17, 15) is 4.79 Å². The molecule has 128 valence electrons. The van der Waals surface area contributed by atoms with Crippen molar-refractivity contribution < 1.29 is 14.2 Å². The van der Waals surface area contributed by atoms with Crippen molar-refractivity contribution in [2.75, 3.05) is 7.11 Å². The highest BCUT2D eigenvalue weighted by Gasteiger charge is 2.35. The number of hydrogen-bond donors (Lipinski definition) is 1. The fourth-order valence-electron chi connectivity index (χ4n) is 3.42. The minimum Gasteiger partial charge on any atom is -0.497 e. The molecule has 1 amide bonds. The lowest BCUT2D eigenvalue weighted by atomic mass is 9.76. The Hall–Kier alpha value is -2.37. The van der Waals surface area contributed by atoms with Gasteiger partial charge in [0, 0.05) is 0 Å². The molecule has 0 bridgehead atoms. The van der Waals surface area contributed by atoms with E-state index in [0.29, 0.717) is 11.4 Å². The molecule has 1 aliphatic carbocycles. The molecule has 1 N–H and O–H groups in total. The van der Waals surface area contributed by atoms with Gasteiger partial charge in [-0.2, -0.15) is 0 Å². The molecule has 0 unspecified atom stereocenters. The number of aryl methyl sites for hydroxylation is 1. The lowest BCUT2D eigenvalue weighted by molar-refractivity contribution is -0.123. The van der Waals surface area contributed by atoms with Crippen molar-refractivity contribution in [1.29, 1.82) is 0 Å². The predicted octanol–water partition coefficient (Wildman–Crippen LogP) is 2.90. The van der Waals surface area contributed by atoms with Crippen LogP contribution in [0.25, 0.3) is 0 Å². The van der Waals surface area contributed by atoms with Crippen LogP contribution in [0.2, 0.25) is 0 Å². The molecule has 0 spiro atoms. The van der Waals surface area contributed by atoms with Gasteiger partial charge in [-0.1, -0.05) is 41.7 Å². The SMILES string of the molecule is COc1ccc(C2(NC(=O)Cc3nonc3C)CCCCC2)cc1. The fourth-order valence-corrected chi connectivity index (χ4v) is 3.42. The van der Waals surface area contributed by atoms with Gasteiger partial charge in [-0.05, 0) is 37.5 Å². The molecule has 1 aliphatic rings. The second-order valence-corrected chi connectivity index (χ2v) is 6.39. The van der Waals surface area contributed by atoms with Crippen LogP contribution in [0.5, 0.6) is 5.75 Å². The summed E-state index contributed by atoms with van der Waals surface area (Å²) in [5, 5.41) is 10.8. The van der Waals surface area contributed by atoms with Crippen LogP contribution in [-0.4, -0.2) is 23.3 Å². The van der Waals surface area contributed by atoms with E-state index in [4.69, 9.17) is 4.74 Å². The molecule has 0 saturated heterocycles. The van der Waals surface area contributed by atoms with Gasteiger partial charge < -0.3 is 10.1 Å². The zero-order chi connectivity index (χ0) is 17.0. The van der Waals surface area contributed by atoms with Crippen molar-refractivity contribution in [3.63, 3.8) is 0 Å². The summed E-state index contributed by atoms with van der Waals surface area (Å²) in [5.41, 5.74) is 2.07. The molecule has 0 radical (unpaired) electrons. The molecule has 24 heavy (non-hydrogen) atoms. The highest BCUT2D eigenvalue weighted by molar-refractivity contribution is 5.79. The van der Waals surface area contributed by atoms with Gasteiger partial charge in [0.25, 0.3) is 0 Å². The molecule has 6 nitrogen and oxygen atoms in total. The summed E-state index contributed by atoms with van der Waals surface area (Å²) >= 11 is 0. The first-order valence-electron chi connectivity index (χ1n) is 8.36. The Morgan fingerprint density at radius 2 is 1.92 bits per heavy atom. The van der Waals surface area contributed by atoms with E-state index in [0.717, 1.165) is 37.0 Å². The number of aromatic nitrogens is 2. The van der Waals surface area contributed by atoms with Crippen LogP contribution in [0.15, 0.2) is 28.9 Å². The van der Waals surface area contributed by atoms with Crippen LogP contribution in [0.4, 0.5) is 0 Å². The third-order valence-corrected chi connectivity index (χ3v) is 4.80. The molecule has 0 aliphatic heterocycles. The Bertz CT molecular complexity index is 688. The molecule has 2 aromatic rings. The average molecular weight is 329 g/mol. The Morgan fingerprint density at radius 3 is 2.50 bits per heavy atom. The minimum atomic E-state index is -0.313. The Morgan fingerprint density at radius 1 is 1.21 bits per heavy atom.